The summed E-state index contributed by atoms with van der Waals surface area (Å²) < 4.78 is 0. The molecule has 0 radical (unpaired) electrons. The molecule has 0 bridgehead atoms. The first-order chi connectivity index (χ1) is 9.20. The molecular formula is C15H17N3O. The van der Waals surface area contributed by atoms with Gasteiger partial charge in [0.1, 0.15) is 5.84 Å². The number of nitriles is 1. The van der Waals surface area contributed by atoms with E-state index in [-0.39, 0.29) is 5.78 Å². The van der Waals surface area contributed by atoms with Crippen molar-refractivity contribution in [3.05, 3.63) is 35.4 Å². The van der Waals surface area contributed by atoms with Gasteiger partial charge in [0.15, 0.2) is 5.78 Å². The number of benzene rings is 1. The molecule has 0 N–H and O–H groups in total. The van der Waals surface area contributed by atoms with Gasteiger partial charge in [-0.05, 0) is 19.8 Å². The zero-order valence-corrected chi connectivity index (χ0v) is 11.1. The third-order valence-corrected chi connectivity index (χ3v) is 3.33. The molecule has 98 valence electrons. The van der Waals surface area contributed by atoms with E-state index in [9.17, 15) is 4.79 Å². The number of piperidine rings is 1. The molecule has 4 heteroatoms. The maximum atomic E-state index is 12.2. The number of likely N-dealkylation sites (tertiary alicyclic amines) is 1. The Bertz CT molecular complexity index is 525. The maximum absolute atomic E-state index is 12.2. The van der Waals surface area contributed by atoms with Gasteiger partial charge in [-0.2, -0.15) is 10.3 Å². The Labute approximate surface area is 113 Å². The quantitative estimate of drug-likeness (QED) is 0.616. The monoisotopic (exact) mass is 255 g/mol. The van der Waals surface area contributed by atoms with Crippen molar-refractivity contribution in [3.63, 3.8) is 0 Å². The number of ketones is 1. The van der Waals surface area contributed by atoms with E-state index >= 15 is 0 Å². The number of aryl methyl sites for hydroxylation is 1. The highest BCUT2D eigenvalue weighted by atomic mass is 16.1. The molecule has 0 amide bonds. The van der Waals surface area contributed by atoms with Gasteiger partial charge in [0.25, 0.3) is 0 Å². The molecule has 1 heterocycles. The van der Waals surface area contributed by atoms with Crippen molar-refractivity contribution in [2.24, 2.45) is 4.99 Å². The molecule has 1 aliphatic heterocycles. The van der Waals surface area contributed by atoms with Crippen molar-refractivity contribution in [2.45, 2.75) is 26.2 Å². The van der Waals surface area contributed by atoms with Crippen LogP contribution < -0.4 is 0 Å². The molecule has 1 aromatic rings. The third kappa shape index (κ3) is 3.41. The van der Waals surface area contributed by atoms with Crippen LogP contribution in [0.25, 0.3) is 0 Å². The molecule has 0 unspecified atom stereocenters. The molecule has 0 saturated carbocycles. The van der Waals surface area contributed by atoms with E-state index in [2.05, 4.69) is 4.99 Å². The summed E-state index contributed by atoms with van der Waals surface area (Å²) in [5, 5.41) is 8.67. The highest BCUT2D eigenvalue weighted by Gasteiger charge is 2.19. The van der Waals surface area contributed by atoms with E-state index in [1.807, 2.05) is 42.3 Å². The van der Waals surface area contributed by atoms with Crippen LogP contribution in [0.15, 0.2) is 29.3 Å². The van der Waals surface area contributed by atoms with Crippen LogP contribution in [0.1, 0.15) is 35.2 Å². The Balaban J connectivity index is 2.07. The molecule has 1 aliphatic rings. The van der Waals surface area contributed by atoms with E-state index in [1.54, 1.807) is 0 Å². The van der Waals surface area contributed by atoms with E-state index in [0.717, 1.165) is 37.2 Å². The van der Waals surface area contributed by atoms with Crippen LogP contribution in [0.5, 0.6) is 0 Å². The molecular weight excluding hydrogens is 238 g/mol. The summed E-state index contributed by atoms with van der Waals surface area (Å²) in [6, 6.07) is 7.58. The van der Waals surface area contributed by atoms with Gasteiger partial charge in [0, 0.05) is 18.5 Å². The van der Waals surface area contributed by atoms with Gasteiger partial charge in [0.2, 0.25) is 6.19 Å². The summed E-state index contributed by atoms with van der Waals surface area (Å²) in [5.41, 5.74) is 1.86. The van der Waals surface area contributed by atoms with Crippen molar-refractivity contribution in [1.82, 2.24) is 4.90 Å². The topological polar surface area (TPSA) is 56.5 Å². The number of rotatable bonds is 3. The number of amidine groups is 1. The zero-order valence-electron chi connectivity index (χ0n) is 11.1. The molecule has 0 aliphatic carbocycles. The summed E-state index contributed by atoms with van der Waals surface area (Å²) in [4.78, 5) is 17.9. The van der Waals surface area contributed by atoms with Crippen molar-refractivity contribution in [1.29, 1.82) is 5.26 Å². The van der Waals surface area contributed by atoms with Crippen LogP contribution in [0.4, 0.5) is 0 Å². The SMILES string of the molecule is Cc1ccc(C(=O)CN2CCCC/C2=N/C#N)cc1. The number of hydrogen-bond donors (Lipinski definition) is 0. The lowest BCUT2D eigenvalue weighted by Crippen LogP contribution is -2.39. The van der Waals surface area contributed by atoms with Crippen LogP contribution in [0.2, 0.25) is 0 Å². The highest BCUT2D eigenvalue weighted by molar-refractivity contribution is 6.00. The van der Waals surface area contributed by atoms with Gasteiger partial charge in [-0.25, -0.2) is 0 Å². The number of carbonyl (C=O) groups excluding carboxylic acids is 1. The van der Waals surface area contributed by atoms with Crippen LogP contribution in [0.3, 0.4) is 0 Å². The molecule has 0 aromatic heterocycles. The molecule has 1 saturated heterocycles. The largest absolute Gasteiger partial charge is 0.352 e. The fraction of sp³-hybridized carbons (Fsp3) is 0.400. The predicted octanol–water partition coefficient (Wildman–Crippen LogP) is 2.54. The minimum absolute atomic E-state index is 0.0764. The number of aliphatic imine (C=N–C) groups is 1. The summed E-state index contributed by atoms with van der Waals surface area (Å²) >= 11 is 0. The van der Waals surface area contributed by atoms with Crippen molar-refractivity contribution in [3.8, 4) is 6.19 Å². The van der Waals surface area contributed by atoms with Crippen LogP contribution in [-0.2, 0) is 0 Å². The second-order valence-electron chi connectivity index (χ2n) is 4.80. The van der Waals surface area contributed by atoms with Gasteiger partial charge in [0.05, 0.1) is 6.54 Å². The first-order valence-corrected chi connectivity index (χ1v) is 6.51. The Hall–Kier alpha value is -2.15. The minimum Gasteiger partial charge on any atom is -0.352 e. The van der Waals surface area contributed by atoms with Crippen molar-refractivity contribution in [2.75, 3.05) is 13.1 Å². The lowest BCUT2D eigenvalue weighted by Gasteiger charge is -2.28. The van der Waals surface area contributed by atoms with E-state index < -0.39 is 0 Å². The Kier molecular flexibility index (Phi) is 4.30. The Morgan fingerprint density at radius 3 is 2.79 bits per heavy atom. The summed E-state index contributed by atoms with van der Waals surface area (Å²) in [7, 11) is 0. The average molecular weight is 255 g/mol. The Morgan fingerprint density at radius 1 is 1.37 bits per heavy atom. The smallest absolute Gasteiger partial charge is 0.207 e. The van der Waals surface area contributed by atoms with Crippen LogP contribution in [0, 0.1) is 18.4 Å². The minimum atomic E-state index is 0.0764. The van der Waals surface area contributed by atoms with E-state index in [0.29, 0.717) is 12.1 Å². The first kappa shape index (κ1) is 13.3. The maximum Gasteiger partial charge on any atom is 0.207 e. The lowest BCUT2D eigenvalue weighted by molar-refractivity contribution is 0.0959. The van der Waals surface area contributed by atoms with E-state index in [1.165, 1.54) is 0 Å². The molecule has 0 spiro atoms. The second-order valence-corrected chi connectivity index (χ2v) is 4.80. The fourth-order valence-corrected chi connectivity index (χ4v) is 2.23. The van der Waals surface area contributed by atoms with Crippen LogP contribution >= 0.6 is 0 Å². The van der Waals surface area contributed by atoms with Gasteiger partial charge < -0.3 is 4.90 Å². The predicted molar refractivity (Wildman–Crippen MR) is 74.0 cm³/mol. The molecule has 19 heavy (non-hydrogen) atoms. The van der Waals surface area contributed by atoms with Gasteiger partial charge in [-0.3, -0.25) is 4.79 Å². The number of nitrogens with zero attached hydrogens (tertiary/aromatic N) is 3. The molecule has 1 fully saturated rings. The van der Waals surface area contributed by atoms with Crippen LogP contribution in [-0.4, -0.2) is 29.6 Å². The van der Waals surface area contributed by atoms with Gasteiger partial charge in [-0.15, -0.1) is 0 Å². The molecule has 0 atom stereocenters. The van der Waals surface area contributed by atoms with Crippen molar-refractivity contribution >= 4 is 11.6 Å². The van der Waals surface area contributed by atoms with Crippen molar-refractivity contribution < 1.29 is 4.79 Å². The van der Waals surface area contributed by atoms with E-state index in [4.69, 9.17) is 5.26 Å². The highest BCUT2D eigenvalue weighted by Crippen LogP contribution is 2.13. The number of Topliss-reactive ketones (excluding diaryl/α,β-unsaturated/α-hetero) is 1. The summed E-state index contributed by atoms with van der Waals surface area (Å²) in [6.45, 7) is 3.11. The fourth-order valence-electron chi connectivity index (χ4n) is 2.23. The third-order valence-electron chi connectivity index (χ3n) is 3.33. The molecule has 4 nitrogen and oxygen atoms in total. The lowest BCUT2D eigenvalue weighted by atomic mass is 10.1. The zero-order chi connectivity index (χ0) is 13.7. The Morgan fingerprint density at radius 2 is 2.11 bits per heavy atom. The van der Waals surface area contributed by atoms with Gasteiger partial charge >= 0.3 is 0 Å². The normalized spacial score (nSPS) is 17.3. The number of carbonyl (C=O) groups is 1. The second kappa shape index (κ2) is 6.14. The average Bonchev–Trinajstić information content (AvgIpc) is 2.42. The standard InChI is InChI=1S/C15H17N3O/c1-12-5-7-13(8-6-12)14(19)10-18-9-3-2-4-15(18)17-11-16/h5-8H,2-4,9-10H2,1H3/b17-15-. The molecule has 2 rings (SSSR count). The summed E-state index contributed by atoms with van der Waals surface area (Å²) in [6.07, 6.45) is 4.69. The first-order valence-electron chi connectivity index (χ1n) is 6.51. The number of hydrogen-bond acceptors (Lipinski definition) is 3. The molecule has 1 aromatic carbocycles. The summed E-state index contributed by atoms with van der Waals surface area (Å²) in [5.74, 6) is 0.821. The van der Waals surface area contributed by atoms with Gasteiger partial charge in [-0.1, -0.05) is 29.8 Å².